The quantitative estimate of drug-likeness (QED) is 0.314. The van der Waals surface area contributed by atoms with E-state index >= 15 is 0 Å². The molecular formula is C28H28ClN3O8S. The fourth-order valence-corrected chi connectivity index (χ4v) is 5.23. The molecule has 0 aliphatic carbocycles. The maximum Gasteiger partial charge on any atom is 0.339 e. The number of halogens is 1. The van der Waals surface area contributed by atoms with E-state index in [9.17, 15) is 24.0 Å². The first-order valence-corrected chi connectivity index (χ1v) is 14.0. The van der Waals surface area contributed by atoms with Crippen molar-refractivity contribution in [2.45, 2.75) is 19.8 Å². The molecule has 1 N–H and O–H groups in total. The number of hydrogen-bond acceptors (Lipinski definition) is 9. The molecule has 0 spiro atoms. The predicted molar refractivity (Wildman–Crippen MR) is 153 cm³/mol. The lowest BCUT2D eigenvalue weighted by molar-refractivity contribution is -0.132. The van der Waals surface area contributed by atoms with E-state index in [-0.39, 0.29) is 33.7 Å². The van der Waals surface area contributed by atoms with Crippen LogP contribution in [0.1, 0.15) is 35.7 Å². The summed E-state index contributed by atoms with van der Waals surface area (Å²) in [5.41, 5.74) is 0.871. The fraction of sp³-hybridized carbons (Fsp3) is 0.321. The number of carbonyl (C=O) groups is 5. The van der Waals surface area contributed by atoms with Gasteiger partial charge in [0.05, 0.1) is 29.2 Å². The number of methoxy groups -OCH3 is 1. The summed E-state index contributed by atoms with van der Waals surface area (Å²) in [6.07, 6.45) is 3.49. The molecule has 13 heteroatoms. The molecule has 216 valence electrons. The van der Waals surface area contributed by atoms with Crippen LogP contribution in [-0.4, -0.2) is 78.7 Å². The van der Waals surface area contributed by atoms with Crippen LogP contribution in [0.4, 0.5) is 10.5 Å². The number of ether oxygens (including phenoxy) is 3. The molecule has 2 saturated heterocycles. The van der Waals surface area contributed by atoms with E-state index in [1.54, 1.807) is 23.1 Å². The van der Waals surface area contributed by atoms with Crippen molar-refractivity contribution in [2.75, 3.05) is 45.3 Å². The van der Waals surface area contributed by atoms with Crippen LogP contribution >= 0.6 is 23.4 Å². The number of anilines is 1. The minimum absolute atomic E-state index is 0.0575. The van der Waals surface area contributed by atoms with Crippen LogP contribution in [0.3, 0.4) is 0 Å². The molecule has 11 nitrogen and oxygen atoms in total. The summed E-state index contributed by atoms with van der Waals surface area (Å²) in [5, 5.41) is 2.09. The second-order valence-electron chi connectivity index (χ2n) is 9.02. The number of nitrogens with one attached hydrogen (secondary N) is 1. The zero-order valence-corrected chi connectivity index (χ0v) is 24.0. The summed E-state index contributed by atoms with van der Waals surface area (Å²) < 4.78 is 16.1. The largest absolute Gasteiger partial charge is 0.490 e. The number of imide groups is 1. The highest BCUT2D eigenvalue weighted by Crippen LogP contribution is 2.35. The third kappa shape index (κ3) is 7.39. The van der Waals surface area contributed by atoms with E-state index in [0.29, 0.717) is 35.4 Å². The van der Waals surface area contributed by atoms with Crippen LogP contribution in [0.5, 0.6) is 11.5 Å². The lowest BCUT2D eigenvalue weighted by Crippen LogP contribution is -2.36. The molecular weight excluding hydrogens is 574 g/mol. The highest BCUT2D eigenvalue weighted by Gasteiger charge is 2.36. The van der Waals surface area contributed by atoms with Crippen molar-refractivity contribution in [3.63, 3.8) is 0 Å². The summed E-state index contributed by atoms with van der Waals surface area (Å²) in [6, 6.07) is 9.21. The van der Waals surface area contributed by atoms with E-state index < -0.39 is 29.6 Å². The first-order valence-electron chi connectivity index (χ1n) is 12.8. The topological polar surface area (TPSA) is 132 Å². The zero-order valence-electron chi connectivity index (χ0n) is 22.4. The first kappa shape index (κ1) is 29.9. The van der Waals surface area contributed by atoms with Gasteiger partial charge in [0.2, 0.25) is 5.91 Å². The predicted octanol–water partition coefficient (Wildman–Crippen LogP) is 4.20. The van der Waals surface area contributed by atoms with Gasteiger partial charge in [0, 0.05) is 18.8 Å². The third-order valence-electron chi connectivity index (χ3n) is 6.21. The van der Waals surface area contributed by atoms with Crippen LogP contribution in [0.15, 0.2) is 41.3 Å². The van der Waals surface area contributed by atoms with Crippen molar-refractivity contribution < 1.29 is 38.2 Å². The lowest BCUT2D eigenvalue weighted by atomic mass is 10.2. The first-order chi connectivity index (χ1) is 19.7. The summed E-state index contributed by atoms with van der Waals surface area (Å²) in [4.78, 5) is 65.1. The lowest BCUT2D eigenvalue weighted by Gasteiger charge is -2.17. The number of carbonyl (C=O) groups excluding carboxylic acids is 5. The number of nitrogens with zero attached hydrogens (tertiary/aromatic N) is 2. The molecule has 0 radical (unpaired) electrons. The van der Waals surface area contributed by atoms with Crippen LogP contribution in [0.25, 0.3) is 6.08 Å². The summed E-state index contributed by atoms with van der Waals surface area (Å²) >= 11 is 6.71. The van der Waals surface area contributed by atoms with Gasteiger partial charge in [0.25, 0.3) is 17.1 Å². The summed E-state index contributed by atoms with van der Waals surface area (Å²) in [5.74, 6) is -1.26. The SMILES string of the molecule is CCOc1cc(/C=C2\SC(=O)N(CC(=O)Nc3ccc(Cl)c(C(=O)OC)c3)C2=O)ccc1OCC(=O)N1CCCC1. The maximum atomic E-state index is 13.0. The zero-order chi connectivity index (χ0) is 29.5. The van der Waals surface area contributed by atoms with Gasteiger partial charge in [0.15, 0.2) is 18.1 Å². The number of hydrogen-bond donors (Lipinski definition) is 1. The Bertz CT molecular complexity index is 1410. The van der Waals surface area contributed by atoms with Crippen molar-refractivity contribution >= 4 is 64.1 Å². The standard InChI is InChI=1S/C28H28ClN3O8S/c1-3-39-22-12-17(6-9-21(22)40-16-25(34)31-10-4-5-11-31)13-23-26(35)32(28(37)41-23)15-24(33)30-18-7-8-20(29)19(14-18)27(36)38-2/h6-9,12-14H,3-5,10-11,15-16H2,1-2H3,(H,30,33)/b23-13-. The molecule has 41 heavy (non-hydrogen) atoms. The smallest absolute Gasteiger partial charge is 0.339 e. The second kappa shape index (κ2) is 13.6. The Balaban J connectivity index is 1.41. The number of benzene rings is 2. The molecule has 0 saturated carbocycles. The highest BCUT2D eigenvalue weighted by molar-refractivity contribution is 8.18. The second-order valence-corrected chi connectivity index (χ2v) is 10.4. The van der Waals surface area contributed by atoms with Gasteiger partial charge in [-0.25, -0.2) is 4.79 Å². The highest BCUT2D eigenvalue weighted by atomic mass is 35.5. The normalized spacial score (nSPS) is 15.8. The maximum absolute atomic E-state index is 13.0. The fourth-order valence-electron chi connectivity index (χ4n) is 4.20. The third-order valence-corrected chi connectivity index (χ3v) is 7.44. The molecule has 4 rings (SSSR count). The van der Waals surface area contributed by atoms with Crippen molar-refractivity contribution in [3.05, 3.63) is 57.5 Å². The van der Waals surface area contributed by atoms with E-state index in [1.165, 1.54) is 31.4 Å². The van der Waals surface area contributed by atoms with Gasteiger partial charge in [-0.15, -0.1) is 0 Å². The molecule has 0 atom stereocenters. The molecule has 2 heterocycles. The molecule has 0 aromatic heterocycles. The van der Waals surface area contributed by atoms with Crippen LogP contribution in [0, 0.1) is 0 Å². The Labute approximate surface area is 245 Å². The van der Waals surface area contributed by atoms with Crippen molar-refractivity contribution in [3.8, 4) is 11.5 Å². The summed E-state index contributed by atoms with van der Waals surface area (Å²) in [7, 11) is 1.20. The molecule has 2 aliphatic heterocycles. The molecule has 2 aromatic carbocycles. The van der Waals surface area contributed by atoms with E-state index in [1.807, 2.05) is 6.92 Å². The summed E-state index contributed by atoms with van der Waals surface area (Å²) in [6.45, 7) is 2.98. The molecule has 4 amide bonds. The number of rotatable bonds is 10. The Kier molecular flexibility index (Phi) is 9.90. The van der Waals surface area contributed by atoms with Gasteiger partial charge in [-0.1, -0.05) is 17.7 Å². The van der Waals surface area contributed by atoms with Crippen LogP contribution in [0.2, 0.25) is 5.02 Å². The van der Waals surface area contributed by atoms with E-state index in [2.05, 4.69) is 10.1 Å². The Morgan fingerprint density at radius 1 is 1.05 bits per heavy atom. The van der Waals surface area contributed by atoms with Crippen molar-refractivity contribution in [2.24, 2.45) is 0 Å². The van der Waals surface area contributed by atoms with E-state index in [0.717, 1.165) is 30.8 Å². The molecule has 0 unspecified atom stereocenters. The molecule has 0 bridgehead atoms. The van der Waals surface area contributed by atoms with Gasteiger partial charge >= 0.3 is 5.97 Å². The van der Waals surface area contributed by atoms with Gasteiger partial charge in [-0.05, 0) is 73.5 Å². The van der Waals surface area contributed by atoms with E-state index in [4.69, 9.17) is 21.1 Å². The Hall–Kier alpha value is -4.03. The molecule has 2 fully saturated rings. The van der Waals surface area contributed by atoms with Gasteiger partial charge in [-0.2, -0.15) is 0 Å². The van der Waals surface area contributed by atoms with Gasteiger partial charge in [-0.3, -0.25) is 24.1 Å². The molecule has 2 aromatic rings. The number of amides is 4. The Morgan fingerprint density at radius 2 is 1.80 bits per heavy atom. The van der Waals surface area contributed by atoms with Crippen molar-refractivity contribution in [1.29, 1.82) is 0 Å². The monoisotopic (exact) mass is 601 g/mol. The average molecular weight is 602 g/mol. The number of likely N-dealkylation sites (tertiary alicyclic amines) is 1. The number of esters is 1. The van der Waals surface area contributed by atoms with Crippen LogP contribution < -0.4 is 14.8 Å². The minimum atomic E-state index is -0.676. The Morgan fingerprint density at radius 3 is 2.51 bits per heavy atom. The van der Waals surface area contributed by atoms with Crippen molar-refractivity contribution in [1.82, 2.24) is 9.80 Å². The van der Waals surface area contributed by atoms with Gasteiger partial charge in [0.1, 0.15) is 6.54 Å². The number of thioether (sulfide) groups is 1. The van der Waals surface area contributed by atoms with Crippen LogP contribution in [-0.2, 0) is 19.1 Å². The molecule has 2 aliphatic rings. The van der Waals surface area contributed by atoms with Gasteiger partial charge < -0.3 is 24.4 Å². The minimum Gasteiger partial charge on any atom is -0.490 e. The average Bonchev–Trinajstić information content (AvgIpc) is 3.58.